The van der Waals surface area contributed by atoms with E-state index < -0.39 is 6.23 Å². The molecule has 2 rings (SSSR count). The molecule has 0 amide bonds. The minimum atomic E-state index is -0.709. The monoisotopic (exact) mass is 261 g/mol. The van der Waals surface area contributed by atoms with Crippen molar-refractivity contribution in [3.63, 3.8) is 0 Å². The van der Waals surface area contributed by atoms with Gasteiger partial charge in [0.05, 0.1) is 0 Å². The average Bonchev–Trinajstić information content (AvgIpc) is 2.74. The molecule has 1 aliphatic rings. The second kappa shape index (κ2) is 5.21. The van der Waals surface area contributed by atoms with Crippen LogP contribution in [0, 0.1) is 10.8 Å². The summed E-state index contributed by atoms with van der Waals surface area (Å²) in [6.45, 7) is 6.95. The van der Waals surface area contributed by atoms with Gasteiger partial charge in [0.25, 0.3) is 0 Å². The Kier molecular flexibility index (Phi) is 3.80. The van der Waals surface area contributed by atoms with E-state index in [1.165, 1.54) is 11.3 Å². The van der Waals surface area contributed by atoms with E-state index in [1.54, 1.807) is 0 Å². The van der Waals surface area contributed by atoms with Gasteiger partial charge >= 0.3 is 0 Å². The van der Waals surface area contributed by atoms with Crippen LogP contribution in [0.3, 0.4) is 0 Å². The fraction of sp³-hybridized carbons (Fsp3) is 0.533. The van der Waals surface area contributed by atoms with E-state index in [1.807, 2.05) is 32.9 Å². The average molecular weight is 261 g/mol. The molecule has 0 aromatic heterocycles. The Morgan fingerprint density at radius 3 is 2.89 bits per heavy atom. The van der Waals surface area contributed by atoms with Gasteiger partial charge in [0, 0.05) is 30.1 Å². The van der Waals surface area contributed by atoms with Crippen LogP contribution in [-0.2, 0) is 6.42 Å². The second-order valence-corrected chi connectivity index (χ2v) is 6.14. The summed E-state index contributed by atoms with van der Waals surface area (Å²) in [6.07, 6.45) is 0.663. The Labute approximate surface area is 114 Å². The highest BCUT2D eigenvalue weighted by Gasteiger charge is 2.20. The van der Waals surface area contributed by atoms with Crippen LogP contribution >= 0.6 is 0 Å². The summed E-state index contributed by atoms with van der Waals surface area (Å²) < 4.78 is 0. The Morgan fingerprint density at radius 1 is 1.47 bits per heavy atom. The number of aliphatic hydroxyl groups excluding tert-OH is 1. The van der Waals surface area contributed by atoms with E-state index in [9.17, 15) is 5.11 Å². The molecule has 0 aliphatic carbocycles. The van der Waals surface area contributed by atoms with Gasteiger partial charge in [-0.05, 0) is 35.6 Å². The van der Waals surface area contributed by atoms with Crippen LogP contribution in [-0.4, -0.2) is 23.6 Å². The first kappa shape index (κ1) is 13.9. The van der Waals surface area contributed by atoms with Crippen LogP contribution in [0.2, 0.25) is 0 Å². The van der Waals surface area contributed by atoms with Crippen LogP contribution in [0.15, 0.2) is 18.2 Å². The number of anilines is 2. The number of rotatable bonds is 4. The number of hydrogen-bond acceptors (Lipinski definition) is 4. The van der Waals surface area contributed by atoms with Crippen LogP contribution in [0.25, 0.3) is 0 Å². The van der Waals surface area contributed by atoms with E-state index in [0.29, 0.717) is 12.1 Å². The van der Waals surface area contributed by atoms with E-state index in [4.69, 9.17) is 5.41 Å². The summed E-state index contributed by atoms with van der Waals surface area (Å²) >= 11 is 0. The molecule has 1 aromatic rings. The molecule has 0 saturated heterocycles. The smallest absolute Gasteiger partial charge is 0.129 e. The third kappa shape index (κ3) is 3.47. The third-order valence-corrected chi connectivity index (χ3v) is 3.45. The summed E-state index contributed by atoms with van der Waals surface area (Å²) in [5.41, 5.74) is 3.74. The summed E-state index contributed by atoms with van der Waals surface area (Å²) in [4.78, 5) is 0. The lowest BCUT2D eigenvalue weighted by atomic mass is 9.88. The molecule has 4 nitrogen and oxygen atoms in total. The lowest BCUT2D eigenvalue weighted by Gasteiger charge is -2.23. The van der Waals surface area contributed by atoms with Crippen LogP contribution in [0.5, 0.6) is 0 Å². The molecule has 1 aromatic carbocycles. The summed E-state index contributed by atoms with van der Waals surface area (Å²) in [5.74, 6) is 0. The highest BCUT2D eigenvalue weighted by molar-refractivity contribution is 5.87. The maximum absolute atomic E-state index is 10.0. The molecule has 1 unspecified atom stereocenters. The molecule has 0 bridgehead atoms. The fourth-order valence-electron chi connectivity index (χ4n) is 2.14. The molecule has 0 fully saturated rings. The third-order valence-electron chi connectivity index (χ3n) is 3.45. The van der Waals surface area contributed by atoms with Crippen molar-refractivity contribution < 1.29 is 5.11 Å². The van der Waals surface area contributed by atoms with Gasteiger partial charge in [-0.15, -0.1) is 0 Å². The van der Waals surface area contributed by atoms with E-state index >= 15 is 0 Å². The van der Waals surface area contributed by atoms with Crippen molar-refractivity contribution in [2.75, 3.05) is 17.2 Å². The van der Waals surface area contributed by atoms with E-state index in [0.717, 1.165) is 18.7 Å². The normalized spacial score (nSPS) is 15.6. The minimum Gasteiger partial charge on any atom is -0.384 e. The zero-order valence-electron chi connectivity index (χ0n) is 11.9. The van der Waals surface area contributed by atoms with E-state index in [2.05, 4.69) is 16.7 Å². The highest BCUT2D eigenvalue weighted by atomic mass is 16.3. The highest BCUT2D eigenvalue weighted by Crippen LogP contribution is 2.26. The fourth-order valence-corrected chi connectivity index (χ4v) is 2.14. The number of benzene rings is 1. The molecule has 4 N–H and O–H groups in total. The van der Waals surface area contributed by atoms with Crippen molar-refractivity contribution >= 4 is 17.1 Å². The predicted molar refractivity (Wildman–Crippen MR) is 80.1 cm³/mol. The van der Waals surface area contributed by atoms with Gasteiger partial charge in [0.15, 0.2) is 0 Å². The van der Waals surface area contributed by atoms with Crippen molar-refractivity contribution in [1.29, 1.82) is 5.41 Å². The maximum Gasteiger partial charge on any atom is 0.129 e. The van der Waals surface area contributed by atoms with Crippen molar-refractivity contribution in [2.24, 2.45) is 5.41 Å². The quantitative estimate of drug-likeness (QED) is 0.497. The molecule has 19 heavy (non-hydrogen) atoms. The Hall–Kier alpha value is -1.55. The first-order chi connectivity index (χ1) is 8.86. The first-order valence-electron chi connectivity index (χ1n) is 6.75. The largest absolute Gasteiger partial charge is 0.384 e. The van der Waals surface area contributed by atoms with Gasteiger partial charge in [-0.2, -0.15) is 0 Å². The van der Waals surface area contributed by atoms with Gasteiger partial charge in [-0.25, -0.2) is 0 Å². The van der Waals surface area contributed by atoms with Crippen molar-refractivity contribution in [2.45, 2.75) is 39.8 Å². The molecule has 1 heterocycles. The molecule has 0 spiro atoms. The molecule has 0 radical (unpaired) electrons. The molecular weight excluding hydrogens is 238 g/mol. The number of hydrogen-bond donors (Lipinski definition) is 4. The number of nitrogens with one attached hydrogen (secondary N) is 3. The molecule has 4 heteroatoms. The SMILES string of the molecule is CC(C)(C)C(=N)CC(O)Nc1ccc2c(c1)CCN2. The zero-order valence-corrected chi connectivity index (χ0v) is 11.9. The van der Waals surface area contributed by atoms with Gasteiger partial charge in [0.1, 0.15) is 6.23 Å². The van der Waals surface area contributed by atoms with Crippen LogP contribution in [0.1, 0.15) is 32.8 Å². The van der Waals surface area contributed by atoms with Gasteiger partial charge in [-0.1, -0.05) is 20.8 Å². The first-order valence-corrected chi connectivity index (χ1v) is 6.75. The van der Waals surface area contributed by atoms with Crippen molar-refractivity contribution in [3.8, 4) is 0 Å². The number of fused-ring (bicyclic) bond motifs is 1. The predicted octanol–water partition coefficient (Wildman–Crippen LogP) is 2.84. The summed E-state index contributed by atoms with van der Waals surface area (Å²) in [7, 11) is 0. The molecule has 1 aliphatic heterocycles. The van der Waals surface area contributed by atoms with Crippen LogP contribution < -0.4 is 10.6 Å². The topological polar surface area (TPSA) is 68.1 Å². The Balaban J connectivity index is 1.96. The minimum absolute atomic E-state index is 0.190. The van der Waals surface area contributed by atoms with Gasteiger partial charge < -0.3 is 21.1 Å². The molecule has 0 saturated carbocycles. The van der Waals surface area contributed by atoms with Gasteiger partial charge in [0.2, 0.25) is 0 Å². The second-order valence-electron chi connectivity index (χ2n) is 6.14. The Bertz CT molecular complexity index is 477. The van der Waals surface area contributed by atoms with Crippen molar-refractivity contribution in [3.05, 3.63) is 23.8 Å². The molecular formula is C15H23N3O. The van der Waals surface area contributed by atoms with Crippen molar-refractivity contribution in [1.82, 2.24) is 0 Å². The summed E-state index contributed by atoms with van der Waals surface area (Å²) in [6, 6.07) is 6.06. The Morgan fingerprint density at radius 2 is 2.21 bits per heavy atom. The maximum atomic E-state index is 10.0. The van der Waals surface area contributed by atoms with Gasteiger partial charge in [-0.3, -0.25) is 0 Å². The lowest BCUT2D eigenvalue weighted by molar-refractivity contribution is 0.208. The van der Waals surface area contributed by atoms with Crippen LogP contribution in [0.4, 0.5) is 11.4 Å². The zero-order chi connectivity index (χ0) is 14.0. The number of aliphatic hydroxyl groups is 1. The standard InChI is InChI=1S/C15H23N3O/c1-15(2,3)13(16)9-14(19)18-11-4-5-12-10(8-11)6-7-17-12/h4-5,8,14,16-19H,6-7,9H2,1-3H3. The summed E-state index contributed by atoms with van der Waals surface area (Å²) in [5, 5.41) is 24.3. The molecule has 1 atom stereocenters. The lowest BCUT2D eigenvalue weighted by Crippen LogP contribution is -2.28. The van der Waals surface area contributed by atoms with E-state index in [-0.39, 0.29) is 5.41 Å². The molecule has 104 valence electrons.